The van der Waals surface area contributed by atoms with Crippen molar-refractivity contribution in [1.29, 1.82) is 0 Å². The molecule has 0 spiro atoms. The van der Waals surface area contributed by atoms with Crippen molar-refractivity contribution in [2.45, 2.75) is 19.0 Å². The zero-order valence-electron chi connectivity index (χ0n) is 7.03. The first-order valence-electron chi connectivity index (χ1n) is 4.16. The highest BCUT2D eigenvalue weighted by Crippen LogP contribution is 2.13. The second kappa shape index (κ2) is 3.14. The second-order valence-corrected chi connectivity index (χ2v) is 3.09. The van der Waals surface area contributed by atoms with E-state index < -0.39 is 12.0 Å². The molecule has 68 valence electrons. The predicted octanol–water partition coefficient (Wildman–Crippen LogP) is 0.181. The van der Waals surface area contributed by atoms with Crippen molar-refractivity contribution >= 4 is 5.97 Å². The number of hydrogen-bond donors (Lipinski definition) is 2. The van der Waals surface area contributed by atoms with Crippen LogP contribution < -0.4 is 5.32 Å². The van der Waals surface area contributed by atoms with Gasteiger partial charge in [-0.2, -0.15) is 0 Å². The summed E-state index contributed by atoms with van der Waals surface area (Å²) in [6, 6.07) is 3.30. The zero-order chi connectivity index (χ0) is 9.26. The van der Waals surface area contributed by atoms with E-state index in [0.29, 0.717) is 13.0 Å². The Hall–Kier alpha value is -1.42. The third-order valence-corrected chi connectivity index (χ3v) is 2.22. The number of nitrogens with one attached hydrogen (secondary N) is 1. The maximum absolute atomic E-state index is 10.7. The van der Waals surface area contributed by atoms with Gasteiger partial charge in [0.05, 0.1) is 5.69 Å². The van der Waals surface area contributed by atoms with E-state index >= 15 is 0 Å². The minimum absolute atomic E-state index is 0.461. The second-order valence-electron chi connectivity index (χ2n) is 3.09. The van der Waals surface area contributed by atoms with Gasteiger partial charge >= 0.3 is 5.97 Å². The Morgan fingerprint density at radius 3 is 3.31 bits per heavy atom. The number of carboxylic acids is 1. The number of aliphatic carboxylic acids is 1. The maximum Gasteiger partial charge on any atom is 0.321 e. The summed E-state index contributed by atoms with van der Waals surface area (Å²) < 4.78 is 0. The number of carbonyl (C=O) groups is 1. The zero-order valence-corrected chi connectivity index (χ0v) is 7.03. The van der Waals surface area contributed by atoms with E-state index in [1.165, 1.54) is 0 Å². The molecule has 1 aliphatic rings. The van der Waals surface area contributed by atoms with E-state index in [0.717, 1.165) is 11.3 Å². The van der Waals surface area contributed by atoms with Gasteiger partial charge in [-0.05, 0) is 11.6 Å². The molecule has 0 saturated heterocycles. The molecule has 0 bridgehead atoms. The van der Waals surface area contributed by atoms with Crippen LogP contribution in [0.5, 0.6) is 0 Å². The molecular formula is C9H10N2O2. The Labute approximate surface area is 75.6 Å². The van der Waals surface area contributed by atoms with Crippen LogP contribution >= 0.6 is 0 Å². The summed E-state index contributed by atoms with van der Waals surface area (Å²) in [5, 5.41) is 11.7. The summed E-state index contributed by atoms with van der Waals surface area (Å²) >= 11 is 0. The monoisotopic (exact) mass is 178 g/mol. The van der Waals surface area contributed by atoms with Crippen LogP contribution in [-0.4, -0.2) is 22.1 Å². The highest BCUT2D eigenvalue weighted by atomic mass is 16.4. The average molecular weight is 178 g/mol. The number of fused-ring (bicyclic) bond motifs is 1. The number of rotatable bonds is 1. The van der Waals surface area contributed by atoms with Crippen LogP contribution in [0.25, 0.3) is 0 Å². The SMILES string of the molecule is O=C(O)C1Cc2cccnc2CN1. The quantitative estimate of drug-likeness (QED) is 0.644. The van der Waals surface area contributed by atoms with Crippen LogP contribution in [0.15, 0.2) is 18.3 Å². The molecule has 1 aliphatic heterocycles. The summed E-state index contributed by atoms with van der Waals surface area (Å²) in [5.41, 5.74) is 1.99. The highest BCUT2D eigenvalue weighted by molar-refractivity contribution is 5.74. The molecule has 0 saturated carbocycles. The molecule has 1 aromatic heterocycles. The summed E-state index contributed by atoms with van der Waals surface area (Å²) in [7, 11) is 0. The van der Waals surface area contributed by atoms with E-state index in [1.807, 2.05) is 12.1 Å². The summed E-state index contributed by atoms with van der Waals surface area (Å²) in [6.45, 7) is 0.549. The van der Waals surface area contributed by atoms with Gasteiger partial charge in [0.15, 0.2) is 0 Å². The van der Waals surface area contributed by atoms with Crippen LogP contribution in [0, 0.1) is 0 Å². The van der Waals surface area contributed by atoms with E-state index in [-0.39, 0.29) is 0 Å². The van der Waals surface area contributed by atoms with E-state index in [1.54, 1.807) is 6.20 Å². The number of nitrogens with zero attached hydrogens (tertiary/aromatic N) is 1. The van der Waals surface area contributed by atoms with Gasteiger partial charge in [0, 0.05) is 19.2 Å². The molecule has 13 heavy (non-hydrogen) atoms. The van der Waals surface area contributed by atoms with E-state index in [2.05, 4.69) is 10.3 Å². The minimum Gasteiger partial charge on any atom is -0.480 e. The van der Waals surface area contributed by atoms with Gasteiger partial charge in [-0.3, -0.25) is 15.1 Å². The third-order valence-electron chi connectivity index (χ3n) is 2.22. The molecule has 0 radical (unpaired) electrons. The van der Waals surface area contributed by atoms with Crippen molar-refractivity contribution in [3.63, 3.8) is 0 Å². The van der Waals surface area contributed by atoms with Gasteiger partial charge in [-0.1, -0.05) is 6.07 Å². The van der Waals surface area contributed by atoms with Gasteiger partial charge in [0.2, 0.25) is 0 Å². The molecule has 4 nitrogen and oxygen atoms in total. The smallest absolute Gasteiger partial charge is 0.321 e. The molecule has 0 aromatic carbocycles. The number of aromatic nitrogens is 1. The third kappa shape index (κ3) is 1.53. The standard InChI is InChI=1S/C9H10N2O2/c12-9(13)7-4-6-2-1-3-10-8(6)5-11-7/h1-3,7,11H,4-5H2,(H,12,13). The van der Waals surface area contributed by atoms with Gasteiger partial charge in [-0.15, -0.1) is 0 Å². The van der Waals surface area contributed by atoms with Gasteiger partial charge in [0.25, 0.3) is 0 Å². The number of pyridine rings is 1. The lowest BCUT2D eigenvalue weighted by molar-refractivity contribution is -0.139. The van der Waals surface area contributed by atoms with Gasteiger partial charge < -0.3 is 5.11 Å². The Morgan fingerprint density at radius 1 is 1.69 bits per heavy atom. The summed E-state index contributed by atoms with van der Waals surface area (Å²) in [6.07, 6.45) is 2.25. The van der Waals surface area contributed by atoms with E-state index in [4.69, 9.17) is 5.11 Å². The molecule has 2 rings (SSSR count). The van der Waals surface area contributed by atoms with Crippen molar-refractivity contribution in [2.24, 2.45) is 0 Å². The fourth-order valence-electron chi connectivity index (χ4n) is 1.50. The molecule has 1 aromatic rings. The Bertz CT molecular complexity index is 338. The normalized spacial score (nSPS) is 20.8. The van der Waals surface area contributed by atoms with E-state index in [9.17, 15) is 4.79 Å². The summed E-state index contributed by atoms with van der Waals surface area (Å²) in [5.74, 6) is -0.797. The molecular weight excluding hydrogens is 168 g/mol. The topological polar surface area (TPSA) is 62.2 Å². The van der Waals surface area contributed by atoms with Crippen molar-refractivity contribution in [2.75, 3.05) is 0 Å². The molecule has 2 N–H and O–H groups in total. The summed E-state index contributed by atoms with van der Waals surface area (Å²) in [4.78, 5) is 14.8. The molecule has 4 heteroatoms. The molecule has 2 heterocycles. The molecule has 1 unspecified atom stereocenters. The molecule has 0 aliphatic carbocycles. The van der Waals surface area contributed by atoms with Crippen LogP contribution in [0.1, 0.15) is 11.3 Å². The fourth-order valence-corrected chi connectivity index (χ4v) is 1.50. The van der Waals surface area contributed by atoms with Crippen LogP contribution in [-0.2, 0) is 17.8 Å². The lowest BCUT2D eigenvalue weighted by atomic mass is 10.0. The van der Waals surface area contributed by atoms with Crippen molar-refractivity contribution in [3.8, 4) is 0 Å². The van der Waals surface area contributed by atoms with Gasteiger partial charge in [-0.25, -0.2) is 0 Å². The Morgan fingerprint density at radius 2 is 2.54 bits per heavy atom. The van der Waals surface area contributed by atoms with Crippen molar-refractivity contribution in [3.05, 3.63) is 29.6 Å². The van der Waals surface area contributed by atoms with Crippen molar-refractivity contribution in [1.82, 2.24) is 10.3 Å². The highest BCUT2D eigenvalue weighted by Gasteiger charge is 2.23. The van der Waals surface area contributed by atoms with Crippen LogP contribution in [0.3, 0.4) is 0 Å². The first-order chi connectivity index (χ1) is 6.27. The fraction of sp³-hybridized carbons (Fsp3) is 0.333. The Balaban J connectivity index is 2.24. The minimum atomic E-state index is -0.797. The first-order valence-corrected chi connectivity index (χ1v) is 4.16. The Kier molecular flexibility index (Phi) is 1.98. The number of hydrogen-bond acceptors (Lipinski definition) is 3. The molecule has 0 amide bonds. The average Bonchev–Trinajstić information content (AvgIpc) is 2.17. The lowest BCUT2D eigenvalue weighted by Crippen LogP contribution is -2.41. The number of carboxylic acid groups (broad SMARTS) is 1. The molecule has 1 atom stereocenters. The van der Waals surface area contributed by atoms with Gasteiger partial charge in [0.1, 0.15) is 6.04 Å². The lowest BCUT2D eigenvalue weighted by Gasteiger charge is -2.21. The largest absolute Gasteiger partial charge is 0.480 e. The van der Waals surface area contributed by atoms with Crippen LogP contribution in [0.4, 0.5) is 0 Å². The molecule has 0 fully saturated rings. The first kappa shape index (κ1) is 8.19. The predicted molar refractivity (Wildman–Crippen MR) is 46.2 cm³/mol. The van der Waals surface area contributed by atoms with Crippen molar-refractivity contribution < 1.29 is 9.90 Å². The maximum atomic E-state index is 10.7. The van der Waals surface area contributed by atoms with Crippen LogP contribution in [0.2, 0.25) is 0 Å².